The number of pyridine rings is 1. The van der Waals surface area contributed by atoms with Crippen molar-refractivity contribution in [2.45, 2.75) is 50.7 Å². The molecular weight excluding hydrogens is 416 g/mol. The van der Waals surface area contributed by atoms with E-state index in [0.717, 1.165) is 0 Å². The number of aliphatic carboxylic acids is 1. The minimum absolute atomic E-state index is 0.0858. The van der Waals surface area contributed by atoms with E-state index in [2.05, 4.69) is 10.3 Å². The topological polar surface area (TPSA) is 88.2 Å². The van der Waals surface area contributed by atoms with E-state index >= 15 is 4.39 Å². The van der Waals surface area contributed by atoms with E-state index in [9.17, 15) is 9.90 Å². The predicted octanol–water partition coefficient (Wildman–Crippen LogP) is 4.33. The molecule has 1 aliphatic heterocycles. The number of halogens is 3. The van der Waals surface area contributed by atoms with Gasteiger partial charge in [-0.2, -0.15) is 0 Å². The Hall–Kier alpha value is -1.73. The van der Waals surface area contributed by atoms with Gasteiger partial charge in [0.05, 0.1) is 21.3 Å². The molecule has 29 heavy (non-hydrogen) atoms. The SMILES string of the molecule is CC(C)(C)C[C@@H]1N[C@@H](C(=O)O)[C@H](c2cccc(Cl)c2F)[C@@]1(N)c1ccc(Cl)cn1. The van der Waals surface area contributed by atoms with Crippen LogP contribution in [0.2, 0.25) is 10.0 Å². The van der Waals surface area contributed by atoms with Crippen LogP contribution in [0.3, 0.4) is 0 Å². The van der Waals surface area contributed by atoms with Crippen molar-refractivity contribution in [2.75, 3.05) is 0 Å². The fraction of sp³-hybridized carbons (Fsp3) is 0.429. The van der Waals surface area contributed by atoms with Gasteiger partial charge in [0.2, 0.25) is 0 Å². The molecule has 156 valence electrons. The largest absolute Gasteiger partial charge is 0.480 e. The zero-order chi connectivity index (χ0) is 21.6. The van der Waals surface area contributed by atoms with Crippen LogP contribution in [-0.2, 0) is 10.3 Å². The number of nitrogens with one attached hydrogen (secondary N) is 1. The van der Waals surface area contributed by atoms with Gasteiger partial charge < -0.3 is 10.8 Å². The number of carboxylic acids is 1. The predicted molar refractivity (Wildman–Crippen MR) is 112 cm³/mol. The summed E-state index contributed by atoms with van der Waals surface area (Å²) >= 11 is 12.0. The van der Waals surface area contributed by atoms with Gasteiger partial charge in [-0.25, -0.2) is 4.39 Å². The summed E-state index contributed by atoms with van der Waals surface area (Å²) in [6.45, 7) is 6.11. The highest BCUT2D eigenvalue weighted by atomic mass is 35.5. The van der Waals surface area contributed by atoms with Crippen LogP contribution in [0, 0.1) is 11.2 Å². The Labute approximate surface area is 179 Å². The van der Waals surface area contributed by atoms with Crippen LogP contribution in [0.25, 0.3) is 0 Å². The Kier molecular flexibility index (Phi) is 5.94. The van der Waals surface area contributed by atoms with Crippen LogP contribution in [0.15, 0.2) is 36.5 Å². The maximum absolute atomic E-state index is 15.0. The summed E-state index contributed by atoms with van der Waals surface area (Å²) in [5, 5.41) is 13.4. The van der Waals surface area contributed by atoms with Crippen molar-refractivity contribution >= 4 is 29.2 Å². The maximum Gasteiger partial charge on any atom is 0.321 e. The van der Waals surface area contributed by atoms with E-state index in [4.69, 9.17) is 28.9 Å². The van der Waals surface area contributed by atoms with E-state index in [1.54, 1.807) is 18.2 Å². The fourth-order valence-corrected chi connectivity index (χ4v) is 4.46. The molecule has 0 saturated carbocycles. The first-order chi connectivity index (χ1) is 13.4. The standard InChI is InChI=1S/C21H24Cl2FN3O2/c1-20(2,3)9-15-21(25,14-8-7-11(22)10-26-14)16(18(27-15)19(28)29)12-5-4-6-13(23)17(12)24/h4-8,10,15-16,18,27H,9,25H2,1-3H3,(H,28,29)/t15-,16-,18+,21+/m0/s1. The molecule has 5 nitrogen and oxygen atoms in total. The monoisotopic (exact) mass is 439 g/mol. The minimum atomic E-state index is -1.30. The Balaban J connectivity index is 2.25. The highest BCUT2D eigenvalue weighted by Crippen LogP contribution is 2.48. The average Bonchev–Trinajstić information content (AvgIpc) is 2.90. The average molecular weight is 440 g/mol. The summed E-state index contributed by atoms with van der Waals surface area (Å²) in [6, 6.07) is 6.26. The molecule has 1 aliphatic rings. The molecule has 4 N–H and O–H groups in total. The number of nitrogens with zero attached hydrogens (tertiary/aromatic N) is 1. The summed E-state index contributed by atoms with van der Waals surface area (Å²) < 4.78 is 15.0. The van der Waals surface area contributed by atoms with E-state index in [1.165, 1.54) is 18.3 Å². The van der Waals surface area contributed by atoms with E-state index in [0.29, 0.717) is 17.1 Å². The quantitative estimate of drug-likeness (QED) is 0.659. The molecule has 0 radical (unpaired) electrons. The van der Waals surface area contributed by atoms with Crippen LogP contribution in [-0.4, -0.2) is 28.1 Å². The number of hydrogen-bond donors (Lipinski definition) is 3. The molecule has 8 heteroatoms. The zero-order valence-electron chi connectivity index (χ0n) is 16.4. The smallest absolute Gasteiger partial charge is 0.321 e. The number of aromatic nitrogens is 1. The highest BCUT2D eigenvalue weighted by Gasteiger charge is 2.58. The molecule has 3 rings (SSSR count). The van der Waals surface area contributed by atoms with Crippen molar-refractivity contribution in [2.24, 2.45) is 11.1 Å². The van der Waals surface area contributed by atoms with Crippen LogP contribution < -0.4 is 11.1 Å². The number of benzene rings is 1. The van der Waals surface area contributed by atoms with Gasteiger partial charge in [-0.1, -0.05) is 56.1 Å². The number of rotatable bonds is 4. The summed E-state index contributed by atoms with van der Waals surface area (Å²) in [4.78, 5) is 16.5. The maximum atomic E-state index is 15.0. The number of hydrogen-bond acceptors (Lipinski definition) is 4. The first-order valence-electron chi connectivity index (χ1n) is 9.29. The third-order valence-corrected chi connectivity index (χ3v) is 5.89. The first kappa shape index (κ1) is 22.0. The molecule has 1 saturated heterocycles. The van der Waals surface area contributed by atoms with Crippen molar-refractivity contribution < 1.29 is 14.3 Å². The van der Waals surface area contributed by atoms with Gasteiger partial charge in [0.1, 0.15) is 11.9 Å². The lowest BCUT2D eigenvalue weighted by molar-refractivity contribution is -0.139. The molecule has 0 amide bonds. The molecule has 0 spiro atoms. The van der Waals surface area contributed by atoms with Gasteiger partial charge in [0.15, 0.2) is 0 Å². The normalized spacial score (nSPS) is 27.2. The number of carbonyl (C=O) groups is 1. The molecule has 4 atom stereocenters. The second-order valence-corrected chi connectivity index (χ2v) is 9.56. The van der Waals surface area contributed by atoms with Gasteiger partial charge in [-0.3, -0.25) is 15.1 Å². The van der Waals surface area contributed by atoms with Gasteiger partial charge in [-0.15, -0.1) is 0 Å². The molecule has 2 heterocycles. The molecule has 1 aromatic heterocycles. The lowest BCUT2D eigenvalue weighted by Crippen LogP contribution is -2.52. The number of nitrogens with two attached hydrogens (primary N) is 1. The van der Waals surface area contributed by atoms with Crippen LogP contribution in [0.5, 0.6) is 0 Å². The van der Waals surface area contributed by atoms with Crippen molar-refractivity contribution in [1.82, 2.24) is 10.3 Å². The van der Waals surface area contributed by atoms with Crippen molar-refractivity contribution in [3.05, 3.63) is 63.6 Å². The Morgan fingerprint density at radius 1 is 1.31 bits per heavy atom. The van der Waals surface area contributed by atoms with E-state index in [-0.39, 0.29) is 16.0 Å². The highest BCUT2D eigenvalue weighted by molar-refractivity contribution is 6.31. The molecule has 1 fully saturated rings. The van der Waals surface area contributed by atoms with Crippen LogP contribution in [0.1, 0.15) is 44.4 Å². The zero-order valence-corrected chi connectivity index (χ0v) is 17.9. The molecule has 0 unspecified atom stereocenters. The van der Waals surface area contributed by atoms with E-state index < -0.39 is 35.3 Å². The Bertz CT molecular complexity index is 917. The Morgan fingerprint density at radius 3 is 2.55 bits per heavy atom. The molecular formula is C21H24Cl2FN3O2. The fourth-order valence-electron chi connectivity index (χ4n) is 4.16. The molecule has 0 aliphatic carbocycles. The second-order valence-electron chi connectivity index (χ2n) is 8.72. The third-order valence-electron chi connectivity index (χ3n) is 5.38. The van der Waals surface area contributed by atoms with E-state index in [1.807, 2.05) is 20.8 Å². The van der Waals surface area contributed by atoms with Crippen molar-refractivity contribution in [1.29, 1.82) is 0 Å². The van der Waals surface area contributed by atoms with Gasteiger partial charge in [-0.05, 0) is 35.6 Å². The summed E-state index contributed by atoms with van der Waals surface area (Å²) in [6.07, 6.45) is 2.01. The van der Waals surface area contributed by atoms with Crippen LogP contribution in [0.4, 0.5) is 4.39 Å². The Morgan fingerprint density at radius 2 is 2.00 bits per heavy atom. The minimum Gasteiger partial charge on any atom is -0.480 e. The van der Waals surface area contributed by atoms with Crippen molar-refractivity contribution in [3.63, 3.8) is 0 Å². The van der Waals surface area contributed by atoms with Crippen molar-refractivity contribution in [3.8, 4) is 0 Å². The first-order valence-corrected chi connectivity index (χ1v) is 10.0. The lowest BCUT2D eigenvalue weighted by Gasteiger charge is -2.38. The number of carboxylic acid groups (broad SMARTS) is 1. The summed E-state index contributed by atoms with van der Waals surface area (Å²) in [5.41, 5.74) is 6.09. The second kappa shape index (κ2) is 7.84. The third kappa shape index (κ3) is 4.12. The van der Waals surface area contributed by atoms with Gasteiger partial charge >= 0.3 is 5.97 Å². The molecule has 1 aromatic carbocycles. The summed E-state index contributed by atoms with van der Waals surface area (Å²) in [7, 11) is 0. The van der Waals surface area contributed by atoms with Gasteiger partial charge in [0.25, 0.3) is 0 Å². The molecule has 2 aromatic rings. The van der Waals surface area contributed by atoms with Gasteiger partial charge in [0, 0.05) is 18.2 Å². The molecule has 0 bridgehead atoms. The summed E-state index contributed by atoms with van der Waals surface area (Å²) in [5.74, 6) is -2.72. The van der Waals surface area contributed by atoms with Crippen LogP contribution >= 0.6 is 23.2 Å². The lowest BCUT2D eigenvalue weighted by atomic mass is 9.70.